The topological polar surface area (TPSA) is 13.6 Å². The van der Waals surface area contributed by atoms with Crippen LogP contribution in [-0.4, -0.2) is 24.4 Å². The van der Waals surface area contributed by atoms with Gasteiger partial charge in [-0.05, 0) is 31.0 Å². The molecule has 3 unspecified atom stereocenters. The van der Waals surface area contributed by atoms with Gasteiger partial charge in [-0.15, -0.1) is 0 Å². The second-order valence-electron chi connectivity index (χ2n) is 6.49. The molecule has 0 aromatic carbocycles. The van der Waals surface area contributed by atoms with Crippen molar-refractivity contribution in [2.24, 2.45) is 0 Å². The largest absolute Gasteiger partial charge is 0.413 e. The van der Waals surface area contributed by atoms with E-state index < -0.39 is 8.32 Å². The summed E-state index contributed by atoms with van der Waals surface area (Å²) in [5.41, 5.74) is 0. The summed E-state index contributed by atoms with van der Waals surface area (Å²) < 4.78 is 6.84. The smallest absolute Gasteiger partial charge is 0.237 e. The normalized spacial score (nSPS) is 31.0. The van der Waals surface area contributed by atoms with Crippen LogP contribution in [0.3, 0.4) is 0 Å². The van der Waals surface area contributed by atoms with E-state index in [2.05, 4.69) is 61.3 Å². The average molecular weight is 365 g/mol. The molecular formula is C13H24INOSi. The molecule has 1 fully saturated rings. The van der Waals surface area contributed by atoms with Crippen molar-refractivity contribution in [3.8, 4) is 0 Å². The van der Waals surface area contributed by atoms with E-state index in [1.54, 1.807) is 0 Å². The summed E-state index contributed by atoms with van der Waals surface area (Å²) in [5, 5.41) is 0.258. The average Bonchev–Trinajstić information content (AvgIpc) is 2.19. The van der Waals surface area contributed by atoms with Crippen LogP contribution in [0, 0.1) is 6.57 Å². The van der Waals surface area contributed by atoms with Crippen molar-refractivity contribution < 1.29 is 4.43 Å². The molecule has 98 valence electrons. The van der Waals surface area contributed by atoms with Gasteiger partial charge in [0.1, 0.15) is 3.92 Å². The van der Waals surface area contributed by atoms with E-state index in [9.17, 15) is 0 Å². The van der Waals surface area contributed by atoms with Crippen molar-refractivity contribution in [1.82, 2.24) is 0 Å². The second-order valence-corrected chi connectivity index (χ2v) is 12.7. The van der Waals surface area contributed by atoms with Crippen LogP contribution in [0.25, 0.3) is 4.85 Å². The molecule has 0 aliphatic heterocycles. The summed E-state index contributed by atoms with van der Waals surface area (Å²) in [7, 11) is -1.68. The van der Waals surface area contributed by atoms with Crippen molar-refractivity contribution in [1.29, 1.82) is 0 Å². The zero-order valence-electron chi connectivity index (χ0n) is 11.6. The lowest BCUT2D eigenvalue weighted by Crippen LogP contribution is -2.49. The Hall–Kier alpha value is 0.397. The van der Waals surface area contributed by atoms with Gasteiger partial charge < -0.3 is 9.27 Å². The second kappa shape index (κ2) is 5.58. The van der Waals surface area contributed by atoms with E-state index in [4.69, 9.17) is 11.0 Å². The fraction of sp³-hybridized carbons (Fsp3) is 0.923. The highest BCUT2D eigenvalue weighted by Gasteiger charge is 2.44. The Morgan fingerprint density at radius 1 is 1.29 bits per heavy atom. The standard InChI is InChI=1S/C13H24INOSi/c1-13(2,3)17(5,6)16-11-9-7-8-10(15-4)12(11)14/h10-12H,7-9H2,1-3,5-6H3. The van der Waals surface area contributed by atoms with E-state index in [1.165, 1.54) is 0 Å². The molecule has 0 radical (unpaired) electrons. The van der Waals surface area contributed by atoms with Gasteiger partial charge in [-0.3, -0.25) is 0 Å². The Morgan fingerprint density at radius 3 is 2.35 bits per heavy atom. The molecule has 4 heteroatoms. The molecule has 0 heterocycles. The van der Waals surface area contributed by atoms with Crippen molar-refractivity contribution in [3.63, 3.8) is 0 Å². The lowest BCUT2D eigenvalue weighted by molar-refractivity contribution is 0.146. The van der Waals surface area contributed by atoms with Gasteiger partial charge in [0.15, 0.2) is 8.32 Å². The van der Waals surface area contributed by atoms with Gasteiger partial charge in [0.2, 0.25) is 6.04 Å². The van der Waals surface area contributed by atoms with E-state index in [1.807, 2.05) is 0 Å². The van der Waals surface area contributed by atoms with E-state index in [0.29, 0.717) is 10.0 Å². The van der Waals surface area contributed by atoms with E-state index in [0.717, 1.165) is 19.3 Å². The van der Waals surface area contributed by atoms with Gasteiger partial charge in [-0.1, -0.05) is 43.4 Å². The molecule has 3 atom stereocenters. The first kappa shape index (κ1) is 15.5. The van der Waals surface area contributed by atoms with Gasteiger partial charge in [-0.25, -0.2) is 6.57 Å². The molecule has 1 aliphatic rings. The molecule has 1 rings (SSSR count). The molecule has 17 heavy (non-hydrogen) atoms. The van der Waals surface area contributed by atoms with E-state index in [-0.39, 0.29) is 11.1 Å². The third kappa shape index (κ3) is 3.68. The SMILES string of the molecule is [C-]#[N+]C1CCCC(O[Si](C)(C)C(C)(C)C)C1I. The Morgan fingerprint density at radius 2 is 1.88 bits per heavy atom. The highest BCUT2D eigenvalue weighted by Crippen LogP contribution is 2.40. The van der Waals surface area contributed by atoms with Crippen LogP contribution in [0.15, 0.2) is 0 Å². The van der Waals surface area contributed by atoms with Gasteiger partial charge in [0, 0.05) is 6.42 Å². The van der Waals surface area contributed by atoms with Crippen molar-refractivity contribution in [2.45, 2.75) is 74.2 Å². The lowest BCUT2D eigenvalue weighted by Gasteiger charge is -2.41. The monoisotopic (exact) mass is 365 g/mol. The summed E-state index contributed by atoms with van der Waals surface area (Å²) in [5.74, 6) is 0. The van der Waals surface area contributed by atoms with Gasteiger partial charge >= 0.3 is 0 Å². The van der Waals surface area contributed by atoms with Crippen molar-refractivity contribution in [3.05, 3.63) is 11.4 Å². The lowest BCUT2D eigenvalue weighted by atomic mass is 9.94. The maximum atomic E-state index is 7.25. The number of alkyl halides is 1. The van der Waals surface area contributed by atoms with E-state index >= 15 is 0 Å². The van der Waals surface area contributed by atoms with Crippen LogP contribution in [0.5, 0.6) is 0 Å². The Kier molecular flexibility index (Phi) is 5.07. The van der Waals surface area contributed by atoms with Crippen molar-refractivity contribution in [2.75, 3.05) is 0 Å². The minimum Gasteiger partial charge on any atom is -0.413 e. The molecular weight excluding hydrogens is 341 g/mol. The molecule has 0 N–H and O–H groups in total. The maximum absolute atomic E-state index is 7.25. The van der Waals surface area contributed by atoms with Crippen LogP contribution in [0.2, 0.25) is 18.1 Å². The summed E-state index contributed by atoms with van der Waals surface area (Å²) in [6.45, 7) is 18.7. The number of hydrogen-bond donors (Lipinski definition) is 0. The van der Waals surface area contributed by atoms with Gasteiger partial charge in [0.25, 0.3) is 0 Å². The van der Waals surface area contributed by atoms with Crippen LogP contribution in [0.1, 0.15) is 40.0 Å². The molecule has 0 saturated heterocycles. The Labute approximate surface area is 121 Å². The van der Waals surface area contributed by atoms with Gasteiger partial charge in [0.05, 0.1) is 6.10 Å². The quantitative estimate of drug-likeness (QED) is 0.301. The number of hydrogen-bond acceptors (Lipinski definition) is 1. The predicted molar refractivity (Wildman–Crippen MR) is 84.1 cm³/mol. The number of halogens is 1. The number of rotatable bonds is 2. The maximum Gasteiger partial charge on any atom is 0.237 e. The predicted octanol–water partition coefficient (Wildman–Crippen LogP) is 4.65. The molecule has 2 nitrogen and oxygen atoms in total. The third-order valence-corrected chi connectivity index (χ3v) is 10.3. The van der Waals surface area contributed by atoms with Crippen LogP contribution >= 0.6 is 22.6 Å². The first-order chi connectivity index (χ1) is 7.69. The zero-order chi connectivity index (χ0) is 13.3. The third-order valence-electron chi connectivity index (χ3n) is 4.13. The molecule has 0 aromatic rings. The molecule has 0 amide bonds. The first-order valence-electron chi connectivity index (χ1n) is 6.37. The minimum absolute atomic E-state index is 0.166. The van der Waals surface area contributed by atoms with Crippen LogP contribution in [0.4, 0.5) is 0 Å². The Bertz CT molecular complexity index is 306. The first-order valence-corrected chi connectivity index (χ1v) is 10.5. The minimum atomic E-state index is -1.68. The highest BCUT2D eigenvalue weighted by molar-refractivity contribution is 14.1. The number of nitrogens with zero attached hydrogens (tertiary/aromatic N) is 1. The molecule has 0 bridgehead atoms. The molecule has 0 aromatic heterocycles. The van der Waals surface area contributed by atoms with Crippen LogP contribution < -0.4 is 0 Å². The van der Waals surface area contributed by atoms with Gasteiger partial charge in [-0.2, -0.15) is 0 Å². The zero-order valence-corrected chi connectivity index (χ0v) is 14.7. The summed E-state index contributed by atoms with van der Waals surface area (Å²) >= 11 is 2.43. The molecule has 1 aliphatic carbocycles. The van der Waals surface area contributed by atoms with Crippen molar-refractivity contribution >= 4 is 30.9 Å². The molecule has 1 saturated carbocycles. The highest BCUT2D eigenvalue weighted by atomic mass is 127. The molecule has 0 spiro atoms. The summed E-state index contributed by atoms with van der Waals surface area (Å²) in [4.78, 5) is 3.75. The summed E-state index contributed by atoms with van der Waals surface area (Å²) in [6.07, 6.45) is 3.62. The fourth-order valence-corrected chi connectivity index (χ4v) is 4.59. The fourth-order valence-electron chi connectivity index (χ4n) is 1.91. The Balaban J connectivity index is 2.72. The van der Waals surface area contributed by atoms with Crippen LogP contribution in [-0.2, 0) is 4.43 Å². The summed E-state index contributed by atoms with van der Waals surface area (Å²) in [6, 6.07) is 0.166.